The zero-order valence-electron chi connectivity index (χ0n) is 17.0. The lowest BCUT2D eigenvalue weighted by Crippen LogP contribution is -2.27. The minimum atomic E-state index is -0.138. The zero-order valence-corrected chi connectivity index (χ0v) is 18.6. The lowest BCUT2D eigenvalue weighted by atomic mass is 10.1. The highest BCUT2D eigenvalue weighted by atomic mass is 35.5. The SMILES string of the molecule is COc1ccc(CCNC(=O)CSc2cc(=O)n(C)c3cc(Cl)ccc23)cc1OC. The summed E-state index contributed by atoms with van der Waals surface area (Å²) in [7, 11) is 4.89. The Morgan fingerprint density at radius 1 is 1.10 bits per heavy atom. The third kappa shape index (κ3) is 5.09. The predicted molar refractivity (Wildman–Crippen MR) is 121 cm³/mol. The zero-order chi connectivity index (χ0) is 21.7. The van der Waals surface area contributed by atoms with Crippen LogP contribution in [0.3, 0.4) is 0 Å². The maximum atomic E-state index is 12.3. The van der Waals surface area contributed by atoms with Crippen LogP contribution >= 0.6 is 23.4 Å². The van der Waals surface area contributed by atoms with Crippen molar-refractivity contribution in [1.29, 1.82) is 0 Å². The van der Waals surface area contributed by atoms with Crippen LogP contribution in [-0.2, 0) is 18.3 Å². The number of aromatic nitrogens is 1. The topological polar surface area (TPSA) is 69.6 Å². The van der Waals surface area contributed by atoms with Crippen molar-refractivity contribution in [2.45, 2.75) is 11.3 Å². The van der Waals surface area contributed by atoms with E-state index in [1.165, 1.54) is 11.8 Å². The first kappa shape index (κ1) is 22.1. The van der Waals surface area contributed by atoms with Gasteiger partial charge in [-0.1, -0.05) is 23.7 Å². The van der Waals surface area contributed by atoms with Gasteiger partial charge in [-0.2, -0.15) is 0 Å². The van der Waals surface area contributed by atoms with Crippen molar-refractivity contribution < 1.29 is 14.3 Å². The lowest BCUT2D eigenvalue weighted by Gasteiger charge is -2.11. The second-order valence-electron chi connectivity index (χ2n) is 6.65. The summed E-state index contributed by atoms with van der Waals surface area (Å²) >= 11 is 7.40. The summed E-state index contributed by atoms with van der Waals surface area (Å²) in [4.78, 5) is 25.3. The van der Waals surface area contributed by atoms with Crippen molar-refractivity contribution in [3.05, 3.63) is 63.4 Å². The van der Waals surface area contributed by atoms with E-state index in [-0.39, 0.29) is 17.2 Å². The highest BCUT2D eigenvalue weighted by molar-refractivity contribution is 8.00. The molecule has 0 saturated carbocycles. The number of aryl methyl sites for hydroxylation is 1. The molecule has 0 spiro atoms. The number of pyridine rings is 1. The van der Waals surface area contributed by atoms with E-state index < -0.39 is 0 Å². The maximum absolute atomic E-state index is 12.3. The molecule has 158 valence electrons. The standard InChI is InChI=1S/C22H23ClN2O4S/c1-25-17-11-15(23)5-6-16(17)20(12-22(25)27)30-13-21(26)24-9-8-14-4-7-18(28-2)19(10-14)29-3/h4-7,10-12H,8-9,13H2,1-3H3,(H,24,26). The van der Waals surface area contributed by atoms with Crippen molar-refractivity contribution >= 4 is 40.2 Å². The summed E-state index contributed by atoms with van der Waals surface area (Å²) in [6.07, 6.45) is 0.671. The van der Waals surface area contributed by atoms with Crippen molar-refractivity contribution in [1.82, 2.24) is 9.88 Å². The van der Waals surface area contributed by atoms with E-state index in [1.807, 2.05) is 24.3 Å². The number of hydrogen-bond donors (Lipinski definition) is 1. The summed E-state index contributed by atoms with van der Waals surface area (Å²) in [6.45, 7) is 0.502. The molecule has 1 N–H and O–H groups in total. The maximum Gasteiger partial charge on any atom is 0.251 e. The highest BCUT2D eigenvalue weighted by Gasteiger charge is 2.10. The molecule has 0 saturated heterocycles. The largest absolute Gasteiger partial charge is 0.493 e. The molecule has 3 rings (SSSR count). The van der Waals surface area contributed by atoms with Crippen LogP contribution in [0, 0.1) is 0 Å². The summed E-state index contributed by atoms with van der Waals surface area (Å²) in [5, 5.41) is 4.37. The van der Waals surface area contributed by atoms with E-state index in [2.05, 4.69) is 5.32 Å². The lowest BCUT2D eigenvalue weighted by molar-refractivity contribution is -0.118. The molecule has 3 aromatic rings. The number of carbonyl (C=O) groups is 1. The predicted octanol–water partition coefficient (Wildman–Crippen LogP) is 3.66. The van der Waals surface area contributed by atoms with E-state index in [9.17, 15) is 9.59 Å². The molecule has 30 heavy (non-hydrogen) atoms. The van der Waals surface area contributed by atoms with Crippen LogP contribution in [-0.4, -0.2) is 37.0 Å². The second kappa shape index (κ2) is 9.91. The molecule has 1 amide bonds. The van der Waals surface area contributed by atoms with Crippen molar-refractivity contribution in [3.8, 4) is 11.5 Å². The van der Waals surface area contributed by atoms with Crippen LogP contribution in [0.25, 0.3) is 10.9 Å². The number of methoxy groups -OCH3 is 2. The number of rotatable bonds is 8. The first-order valence-electron chi connectivity index (χ1n) is 9.32. The van der Waals surface area contributed by atoms with Gasteiger partial charge in [0.15, 0.2) is 11.5 Å². The number of nitrogens with one attached hydrogen (secondary N) is 1. The third-order valence-corrected chi connectivity index (χ3v) is 6.00. The van der Waals surface area contributed by atoms with Gasteiger partial charge in [-0.3, -0.25) is 9.59 Å². The normalized spacial score (nSPS) is 10.8. The van der Waals surface area contributed by atoms with Crippen LogP contribution in [0.4, 0.5) is 0 Å². The Morgan fingerprint density at radius 3 is 2.60 bits per heavy atom. The first-order chi connectivity index (χ1) is 14.4. The van der Waals surface area contributed by atoms with E-state index in [0.29, 0.717) is 29.5 Å². The van der Waals surface area contributed by atoms with Gasteiger partial charge in [0.2, 0.25) is 5.91 Å². The van der Waals surface area contributed by atoms with Gasteiger partial charge < -0.3 is 19.4 Å². The van der Waals surface area contributed by atoms with Gasteiger partial charge in [-0.15, -0.1) is 11.8 Å². The summed E-state index contributed by atoms with van der Waals surface area (Å²) in [5.41, 5.74) is 1.64. The van der Waals surface area contributed by atoms with Gasteiger partial charge in [-0.25, -0.2) is 0 Å². The quantitative estimate of drug-likeness (QED) is 0.535. The van der Waals surface area contributed by atoms with Gasteiger partial charge in [0.25, 0.3) is 5.56 Å². The van der Waals surface area contributed by atoms with Crippen LogP contribution < -0.4 is 20.3 Å². The molecule has 0 radical (unpaired) electrons. The summed E-state index contributed by atoms with van der Waals surface area (Å²) in [5.74, 6) is 1.46. The molecule has 0 aliphatic carbocycles. The third-order valence-electron chi connectivity index (χ3n) is 4.71. The molecule has 0 atom stereocenters. The fourth-order valence-electron chi connectivity index (χ4n) is 3.09. The van der Waals surface area contributed by atoms with Crippen molar-refractivity contribution in [3.63, 3.8) is 0 Å². The highest BCUT2D eigenvalue weighted by Crippen LogP contribution is 2.29. The van der Waals surface area contributed by atoms with Crippen molar-refractivity contribution in [2.24, 2.45) is 7.05 Å². The minimum absolute atomic E-state index is 0.0942. The molecule has 2 aromatic carbocycles. The van der Waals surface area contributed by atoms with Crippen LogP contribution in [0.5, 0.6) is 11.5 Å². The van der Waals surface area contributed by atoms with Crippen LogP contribution in [0.2, 0.25) is 5.02 Å². The van der Waals surface area contributed by atoms with Crippen LogP contribution in [0.15, 0.2) is 52.2 Å². The molecule has 8 heteroatoms. The Bertz CT molecular complexity index is 1130. The van der Waals surface area contributed by atoms with Gasteiger partial charge in [0, 0.05) is 35.0 Å². The summed E-state index contributed by atoms with van der Waals surface area (Å²) < 4.78 is 12.1. The Kier molecular flexibility index (Phi) is 7.29. The fraction of sp³-hybridized carbons (Fsp3) is 0.273. The van der Waals surface area contributed by atoms with E-state index in [1.54, 1.807) is 44.0 Å². The van der Waals surface area contributed by atoms with Crippen LogP contribution in [0.1, 0.15) is 5.56 Å². The molecule has 0 unspecified atom stereocenters. The number of ether oxygens (including phenoxy) is 2. The van der Waals surface area contributed by atoms with E-state index in [0.717, 1.165) is 21.4 Å². The second-order valence-corrected chi connectivity index (χ2v) is 8.10. The molecular weight excluding hydrogens is 424 g/mol. The van der Waals surface area contributed by atoms with E-state index in [4.69, 9.17) is 21.1 Å². The van der Waals surface area contributed by atoms with E-state index >= 15 is 0 Å². The number of amides is 1. The number of hydrogen-bond acceptors (Lipinski definition) is 5. The Hall–Kier alpha value is -2.64. The molecule has 0 fully saturated rings. The monoisotopic (exact) mass is 446 g/mol. The average Bonchev–Trinajstić information content (AvgIpc) is 2.75. The Balaban J connectivity index is 1.59. The molecule has 0 aliphatic heterocycles. The number of carbonyl (C=O) groups excluding carboxylic acids is 1. The fourth-order valence-corrected chi connectivity index (χ4v) is 4.16. The van der Waals surface area contributed by atoms with Crippen molar-refractivity contribution in [2.75, 3.05) is 26.5 Å². The molecule has 1 heterocycles. The number of halogens is 1. The average molecular weight is 447 g/mol. The molecule has 1 aromatic heterocycles. The Labute approximate surface area is 184 Å². The number of fused-ring (bicyclic) bond motifs is 1. The number of benzene rings is 2. The minimum Gasteiger partial charge on any atom is -0.493 e. The van der Waals surface area contributed by atoms with Gasteiger partial charge in [0.1, 0.15) is 0 Å². The van der Waals surface area contributed by atoms with Gasteiger partial charge >= 0.3 is 0 Å². The summed E-state index contributed by atoms with van der Waals surface area (Å²) in [6, 6.07) is 12.6. The number of thioether (sulfide) groups is 1. The molecule has 0 bridgehead atoms. The number of nitrogens with zero attached hydrogens (tertiary/aromatic N) is 1. The van der Waals surface area contributed by atoms with Gasteiger partial charge in [0.05, 0.1) is 25.5 Å². The smallest absolute Gasteiger partial charge is 0.251 e. The molecular formula is C22H23ClN2O4S. The Morgan fingerprint density at radius 2 is 1.87 bits per heavy atom. The molecule has 6 nitrogen and oxygen atoms in total. The van der Waals surface area contributed by atoms with Gasteiger partial charge in [-0.05, 0) is 36.2 Å². The first-order valence-corrected chi connectivity index (χ1v) is 10.7. The molecule has 0 aliphatic rings.